The van der Waals surface area contributed by atoms with Gasteiger partial charge in [0, 0.05) is 29.8 Å². The third-order valence-corrected chi connectivity index (χ3v) is 3.05. The van der Waals surface area contributed by atoms with Crippen molar-refractivity contribution in [3.63, 3.8) is 0 Å². The van der Waals surface area contributed by atoms with Crippen LogP contribution in [0.2, 0.25) is 0 Å². The van der Waals surface area contributed by atoms with Crippen molar-refractivity contribution in [2.24, 2.45) is 11.5 Å². The number of halogens is 1. The van der Waals surface area contributed by atoms with Gasteiger partial charge in [-0.1, -0.05) is 24.3 Å². The van der Waals surface area contributed by atoms with Crippen molar-refractivity contribution in [3.8, 4) is 16.9 Å². The first kappa shape index (κ1) is 13.5. The molecule has 0 saturated carbocycles. The van der Waals surface area contributed by atoms with Gasteiger partial charge in [0.25, 0.3) is 0 Å². The molecule has 0 atom stereocenters. The molecule has 2 aromatic carbocycles. The number of hydrogen-bond donors (Lipinski definition) is 2. The minimum absolute atomic E-state index is 0.127. The van der Waals surface area contributed by atoms with Crippen LogP contribution in [0, 0.1) is 11.9 Å². The standard InChI is InChI=1S/C15H16FN2O/c1-19-15-10(8-17)4-2-6-12(15)11-5-3-7-14(16)13(11)9-18/h2-3,5-7H,8-9,17-18H2,1H3. The first-order valence-corrected chi connectivity index (χ1v) is 5.98. The van der Waals surface area contributed by atoms with Gasteiger partial charge >= 0.3 is 0 Å². The van der Waals surface area contributed by atoms with Crippen LogP contribution in [0.1, 0.15) is 11.1 Å². The summed E-state index contributed by atoms with van der Waals surface area (Å²) in [4.78, 5) is 0. The fourth-order valence-electron chi connectivity index (χ4n) is 2.14. The van der Waals surface area contributed by atoms with E-state index in [1.165, 1.54) is 6.07 Å². The van der Waals surface area contributed by atoms with Crippen molar-refractivity contribution in [3.05, 3.63) is 53.3 Å². The molecule has 0 aliphatic carbocycles. The van der Waals surface area contributed by atoms with E-state index in [0.717, 1.165) is 16.7 Å². The van der Waals surface area contributed by atoms with Crippen molar-refractivity contribution in [2.45, 2.75) is 13.1 Å². The Hall–Kier alpha value is -1.91. The molecular weight excluding hydrogens is 243 g/mol. The van der Waals surface area contributed by atoms with Gasteiger partial charge in [0.2, 0.25) is 0 Å². The second-order valence-corrected chi connectivity index (χ2v) is 4.08. The Balaban J connectivity index is 2.68. The third kappa shape index (κ3) is 2.45. The van der Waals surface area contributed by atoms with Crippen LogP contribution in [-0.2, 0) is 13.1 Å². The van der Waals surface area contributed by atoms with E-state index in [1.807, 2.05) is 12.1 Å². The summed E-state index contributed by atoms with van der Waals surface area (Å²) in [5, 5.41) is 0. The largest absolute Gasteiger partial charge is 0.496 e. The number of rotatable bonds is 4. The van der Waals surface area contributed by atoms with Gasteiger partial charge in [0.05, 0.1) is 7.11 Å². The van der Waals surface area contributed by atoms with Gasteiger partial charge < -0.3 is 16.2 Å². The molecule has 0 amide bonds. The van der Waals surface area contributed by atoms with E-state index in [1.54, 1.807) is 19.2 Å². The van der Waals surface area contributed by atoms with Crippen LogP contribution >= 0.6 is 0 Å². The molecule has 0 unspecified atom stereocenters. The van der Waals surface area contributed by atoms with Gasteiger partial charge in [0.1, 0.15) is 11.6 Å². The Labute approximate surface area is 112 Å². The molecule has 0 fully saturated rings. The quantitative estimate of drug-likeness (QED) is 0.885. The predicted octanol–water partition coefficient (Wildman–Crippen LogP) is 2.22. The molecule has 4 heteroatoms. The lowest BCUT2D eigenvalue weighted by Gasteiger charge is -2.15. The van der Waals surface area contributed by atoms with Crippen molar-refractivity contribution in [1.29, 1.82) is 0 Å². The van der Waals surface area contributed by atoms with Crippen molar-refractivity contribution in [2.75, 3.05) is 7.11 Å². The number of methoxy groups -OCH3 is 1. The molecule has 2 rings (SSSR count). The monoisotopic (exact) mass is 259 g/mol. The number of nitrogens with two attached hydrogens (primary N) is 2. The SMILES string of the molecule is COc1c(CN)[c]ccc1-c1cccc(F)c1CN. The van der Waals surface area contributed by atoms with Gasteiger partial charge in [-0.25, -0.2) is 4.39 Å². The highest BCUT2D eigenvalue weighted by molar-refractivity contribution is 5.75. The zero-order chi connectivity index (χ0) is 13.8. The lowest BCUT2D eigenvalue weighted by Crippen LogP contribution is -2.05. The van der Waals surface area contributed by atoms with E-state index in [4.69, 9.17) is 16.2 Å². The Bertz CT molecular complexity index is 584. The zero-order valence-electron chi connectivity index (χ0n) is 10.7. The maximum Gasteiger partial charge on any atom is 0.131 e. The van der Waals surface area contributed by atoms with Gasteiger partial charge in [-0.05, 0) is 17.7 Å². The summed E-state index contributed by atoms with van der Waals surface area (Å²) in [5.74, 6) is 0.300. The Kier molecular flexibility index (Phi) is 4.14. The Morgan fingerprint density at radius 3 is 2.58 bits per heavy atom. The van der Waals surface area contributed by atoms with Crippen LogP contribution in [0.5, 0.6) is 5.75 Å². The topological polar surface area (TPSA) is 61.3 Å². The van der Waals surface area contributed by atoms with Crippen LogP contribution in [0.4, 0.5) is 4.39 Å². The predicted molar refractivity (Wildman–Crippen MR) is 73.0 cm³/mol. The molecule has 0 spiro atoms. The maximum absolute atomic E-state index is 13.8. The average molecular weight is 259 g/mol. The van der Waals surface area contributed by atoms with Crippen LogP contribution in [0.25, 0.3) is 11.1 Å². The summed E-state index contributed by atoms with van der Waals surface area (Å²) in [7, 11) is 1.56. The molecule has 0 bridgehead atoms. The molecule has 0 saturated heterocycles. The summed E-state index contributed by atoms with van der Waals surface area (Å²) in [6.45, 7) is 0.437. The highest BCUT2D eigenvalue weighted by Gasteiger charge is 2.14. The van der Waals surface area contributed by atoms with E-state index in [0.29, 0.717) is 17.9 Å². The highest BCUT2D eigenvalue weighted by Crippen LogP contribution is 2.35. The van der Waals surface area contributed by atoms with E-state index in [9.17, 15) is 4.39 Å². The first-order chi connectivity index (χ1) is 9.22. The van der Waals surface area contributed by atoms with E-state index in [2.05, 4.69) is 6.07 Å². The first-order valence-electron chi connectivity index (χ1n) is 5.98. The maximum atomic E-state index is 13.8. The molecule has 0 aliphatic rings. The van der Waals surface area contributed by atoms with Crippen molar-refractivity contribution in [1.82, 2.24) is 0 Å². The van der Waals surface area contributed by atoms with E-state index < -0.39 is 0 Å². The summed E-state index contributed by atoms with van der Waals surface area (Å²) >= 11 is 0. The minimum atomic E-state index is -0.316. The summed E-state index contributed by atoms with van der Waals surface area (Å²) < 4.78 is 19.2. The fraction of sp³-hybridized carbons (Fsp3) is 0.200. The smallest absolute Gasteiger partial charge is 0.131 e. The van der Waals surface area contributed by atoms with Gasteiger partial charge in [-0.2, -0.15) is 0 Å². The number of hydrogen-bond acceptors (Lipinski definition) is 3. The average Bonchev–Trinajstić information content (AvgIpc) is 2.45. The lowest BCUT2D eigenvalue weighted by molar-refractivity contribution is 0.411. The van der Waals surface area contributed by atoms with Crippen LogP contribution < -0.4 is 16.2 Å². The normalized spacial score (nSPS) is 10.5. The molecule has 19 heavy (non-hydrogen) atoms. The zero-order valence-corrected chi connectivity index (χ0v) is 10.7. The molecular formula is C15H16FN2O. The minimum Gasteiger partial charge on any atom is -0.496 e. The molecule has 0 aliphatic heterocycles. The lowest BCUT2D eigenvalue weighted by atomic mass is 9.96. The van der Waals surface area contributed by atoms with Gasteiger partial charge in [-0.3, -0.25) is 0 Å². The molecule has 4 N–H and O–H groups in total. The van der Waals surface area contributed by atoms with Crippen LogP contribution in [0.3, 0.4) is 0 Å². The second-order valence-electron chi connectivity index (χ2n) is 4.08. The van der Waals surface area contributed by atoms with Crippen molar-refractivity contribution >= 4 is 0 Å². The summed E-state index contributed by atoms with van der Waals surface area (Å²) in [5.41, 5.74) is 14.0. The molecule has 0 aromatic heterocycles. The van der Waals surface area contributed by atoms with E-state index in [-0.39, 0.29) is 12.4 Å². The third-order valence-electron chi connectivity index (χ3n) is 3.05. The highest BCUT2D eigenvalue weighted by atomic mass is 19.1. The van der Waals surface area contributed by atoms with Crippen LogP contribution in [0.15, 0.2) is 30.3 Å². The van der Waals surface area contributed by atoms with E-state index >= 15 is 0 Å². The summed E-state index contributed by atoms with van der Waals surface area (Å²) in [6, 6.07) is 11.5. The van der Waals surface area contributed by atoms with Gasteiger partial charge in [-0.15, -0.1) is 0 Å². The Morgan fingerprint density at radius 2 is 1.95 bits per heavy atom. The molecule has 99 valence electrons. The van der Waals surface area contributed by atoms with Crippen molar-refractivity contribution < 1.29 is 9.13 Å². The van der Waals surface area contributed by atoms with Crippen LogP contribution in [-0.4, -0.2) is 7.11 Å². The molecule has 0 heterocycles. The molecule has 1 radical (unpaired) electrons. The Morgan fingerprint density at radius 1 is 1.16 bits per heavy atom. The number of ether oxygens (including phenoxy) is 1. The fourth-order valence-corrected chi connectivity index (χ4v) is 2.14. The van der Waals surface area contributed by atoms with Gasteiger partial charge in [0.15, 0.2) is 0 Å². The second kappa shape index (κ2) is 5.82. The summed E-state index contributed by atoms with van der Waals surface area (Å²) in [6.07, 6.45) is 0. The number of benzene rings is 2. The molecule has 3 nitrogen and oxygen atoms in total. The molecule has 2 aromatic rings.